The first kappa shape index (κ1) is 21.4. The van der Waals surface area contributed by atoms with E-state index in [0.29, 0.717) is 35.1 Å². The third-order valence-corrected chi connectivity index (χ3v) is 5.26. The Morgan fingerprint density at radius 2 is 2.19 bits per heavy atom. The average molecular weight is 449 g/mol. The Kier molecular flexibility index (Phi) is 5.62. The van der Waals surface area contributed by atoms with Crippen LogP contribution in [0.2, 0.25) is 0 Å². The zero-order chi connectivity index (χ0) is 23.0. The van der Waals surface area contributed by atoms with Crippen LogP contribution in [-0.2, 0) is 20.9 Å². The van der Waals surface area contributed by atoms with Crippen molar-refractivity contribution in [2.45, 2.75) is 32.0 Å². The highest BCUT2D eigenvalue weighted by molar-refractivity contribution is 5.84. The summed E-state index contributed by atoms with van der Waals surface area (Å²) in [5.74, 6) is 2.12. The SMILES string of the molecule is COc1cc2c(cc1N[C@@H](C)C(N)=O)OCCn1cc(N3C(=C=O)OC[C@H]3C(F)F)nc1-2. The quantitative estimate of drug-likeness (QED) is 0.635. The highest BCUT2D eigenvalue weighted by Crippen LogP contribution is 2.41. The van der Waals surface area contributed by atoms with Crippen LogP contribution in [0.15, 0.2) is 24.2 Å². The molecule has 2 aliphatic rings. The zero-order valence-electron chi connectivity index (χ0n) is 17.3. The van der Waals surface area contributed by atoms with Crippen LogP contribution < -0.4 is 25.4 Å². The number of hydrogen-bond donors (Lipinski definition) is 2. The monoisotopic (exact) mass is 449 g/mol. The van der Waals surface area contributed by atoms with E-state index < -0.39 is 24.4 Å². The van der Waals surface area contributed by atoms with E-state index in [2.05, 4.69) is 10.3 Å². The van der Waals surface area contributed by atoms with Crippen LogP contribution in [0.25, 0.3) is 11.4 Å². The first-order chi connectivity index (χ1) is 15.3. The molecular weight excluding hydrogens is 428 g/mol. The van der Waals surface area contributed by atoms with Crippen LogP contribution in [0.1, 0.15) is 6.92 Å². The van der Waals surface area contributed by atoms with Crippen LogP contribution in [0.3, 0.4) is 0 Å². The van der Waals surface area contributed by atoms with E-state index in [0.717, 1.165) is 4.90 Å². The Morgan fingerprint density at radius 1 is 1.41 bits per heavy atom. The van der Waals surface area contributed by atoms with Crippen LogP contribution in [0, 0.1) is 0 Å². The lowest BCUT2D eigenvalue weighted by molar-refractivity contribution is -0.118. The van der Waals surface area contributed by atoms with Crippen molar-refractivity contribution in [3.63, 3.8) is 0 Å². The number of nitrogens with zero attached hydrogens (tertiary/aromatic N) is 3. The lowest BCUT2D eigenvalue weighted by Gasteiger charge is -2.19. The van der Waals surface area contributed by atoms with Gasteiger partial charge in [0.15, 0.2) is 11.8 Å². The fourth-order valence-electron chi connectivity index (χ4n) is 3.59. The standard InChI is InChI=1S/C20H21F2N5O5/c1-10(19(23)29)24-12-6-14-11(5-15(12)30-2)20-25-16(7-26(20)3-4-31-14)27-13(18(21)22)9-32-17(27)8-28/h5-7,10,13,18,24H,3-4,9H2,1-2H3,(H2,23,29)/t10-,13-/m0/s1. The average Bonchev–Trinajstić information content (AvgIpc) is 3.34. The van der Waals surface area contributed by atoms with Crippen molar-refractivity contribution in [3.8, 4) is 22.9 Å². The van der Waals surface area contributed by atoms with Crippen molar-refractivity contribution >= 4 is 23.4 Å². The minimum atomic E-state index is -2.75. The van der Waals surface area contributed by atoms with E-state index in [1.807, 2.05) is 0 Å². The maximum absolute atomic E-state index is 13.5. The van der Waals surface area contributed by atoms with Crippen molar-refractivity contribution in [3.05, 3.63) is 24.2 Å². The van der Waals surface area contributed by atoms with Gasteiger partial charge < -0.3 is 29.8 Å². The molecule has 32 heavy (non-hydrogen) atoms. The number of halogens is 2. The van der Waals surface area contributed by atoms with E-state index in [4.69, 9.17) is 19.9 Å². The third-order valence-electron chi connectivity index (χ3n) is 5.26. The molecule has 0 spiro atoms. The number of hydrogen-bond acceptors (Lipinski definition) is 8. The van der Waals surface area contributed by atoms with Crippen molar-refractivity contribution in [1.82, 2.24) is 9.55 Å². The van der Waals surface area contributed by atoms with Gasteiger partial charge in [-0.15, -0.1) is 0 Å². The minimum absolute atomic E-state index is 0.137. The van der Waals surface area contributed by atoms with Gasteiger partial charge in [0.05, 0.1) is 24.9 Å². The fourth-order valence-corrected chi connectivity index (χ4v) is 3.59. The number of methoxy groups -OCH3 is 1. The Balaban J connectivity index is 1.78. The second-order valence-corrected chi connectivity index (χ2v) is 7.27. The maximum Gasteiger partial charge on any atom is 0.284 e. The van der Waals surface area contributed by atoms with Crippen LogP contribution >= 0.6 is 0 Å². The summed E-state index contributed by atoms with van der Waals surface area (Å²) in [5.41, 5.74) is 6.38. The second-order valence-electron chi connectivity index (χ2n) is 7.27. The van der Waals surface area contributed by atoms with Gasteiger partial charge >= 0.3 is 0 Å². The van der Waals surface area contributed by atoms with E-state index in [-0.39, 0.29) is 24.9 Å². The Hall–Kier alpha value is -3.79. The van der Waals surface area contributed by atoms with Gasteiger partial charge in [0, 0.05) is 12.3 Å². The molecule has 1 fully saturated rings. The molecule has 170 valence electrons. The number of carbonyl (C=O) groups excluding carboxylic acids is 2. The Morgan fingerprint density at radius 3 is 2.84 bits per heavy atom. The predicted octanol–water partition coefficient (Wildman–Crippen LogP) is 1.38. The molecule has 0 saturated carbocycles. The maximum atomic E-state index is 13.5. The molecule has 0 bridgehead atoms. The van der Waals surface area contributed by atoms with Gasteiger partial charge in [0.25, 0.3) is 12.3 Å². The molecule has 0 aliphatic carbocycles. The van der Waals surface area contributed by atoms with Gasteiger partial charge in [-0.05, 0) is 13.0 Å². The van der Waals surface area contributed by atoms with E-state index >= 15 is 0 Å². The molecule has 3 heterocycles. The van der Waals surface area contributed by atoms with Crippen LogP contribution in [0.4, 0.5) is 20.3 Å². The molecule has 1 amide bonds. The molecule has 10 nitrogen and oxygen atoms in total. The number of fused-ring (bicyclic) bond motifs is 3. The number of primary amides is 1. The number of anilines is 2. The minimum Gasteiger partial charge on any atom is -0.495 e. The summed E-state index contributed by atoms with van der Waals surface area (Å²) in [6, 6.07) is 1.32. The van der Waals surface area contributed by atoms with Crippen LogP contribution in [-0.4, -0.2) is 60.2 Å². The summed E-state index contributed by atoms with van der Waals surface area (Å²) in [4.78, 5) is 28.2. The molecule has 0 unspecified atom stereocenters. The number of nitrogens with one attached hydrogen (secondary N) is 1. The first-order valence-corrected chi connectivity index (χ1v) is 9.77. The van der Waals surface area contributed by atoms with Gasteiger partial charge in [0.1, 0.15) is 42.6 Å². The fraction of sp³-hybridized carbons (Fsp3) is 0.400. The van der Waals surface area contributed by atoms with Crippen molar-refractivity contribution < 1.29 is 32.6 Å². The topological polar surface area (TPSA) is 121 Å². The summed E-state index contributed by atoms with van der Waals surface area (Å²) < 4.78 is 45.1. The lowest BCUT2D eigenvalue weighted by Crippen LogP contribution is -2.36. The van der Waals surface area contributed by atoms with E-state index in [1.54, 1.807) is 35.8 Å². The van der Waals surface area contributed by atoms with Gasteiger partial charge in [-0.2, -0.15) is 0 Å². The molecule has 4 rings (SSSR count). The summed E-state index contributed by atoms with van der Waals surface area (Å²) in [6.07, 6.45) is -1.19. The second kappa shape index (κ2) is 8.39. The molecular formula is C20H21F2N5O5. The number of alkyl halides is 2. The molecule has 1 saturated heterocycles. The lowest BCUT2D eigenvalue weighted by atomic mass is 10.1. The number of rotatable bonds is 6. The number of benzene rings is 1. The molecule has 1 aromatic carbocycles. The number of ether oxygens (including phenoxy) is 3. The molecule has 2 aliphatic heterocycles. The molecule has 2 aromatic rings. The normalized spacial score (nSPS) is 18.1. The van der Waals surface area contributed by atoms with Crippen molar-refractivity contribution in [1.29, 1.82) is 0 Å². The van der Waals surface area contributed by atoms with Gasteiger partial charge in [0.2, 0.25) is 5.91 Å². The zero-order valence-corrected chi connectivity index (χ0v) is 17.3. The van der Waals surface area contributed by atoms with Crippen molar-refractivity contribution in [2.75, 3.05) is 30.5 Å². The van der Waals surface area contributed by atoms with Crippen LogP contribution in [0.5, 0.6) is 11.5 Å². The predicted molar refractivity (Wildman–Crippen MR) is 109 cm³/mol. The van der Waals surface area contributed by atoms with E-state index in [1.165, 1.54) is 7.11 Å². The van der Waals surface area contributed by atoms with Gasteiger partial charge in [-0.3, -0.25) is 9.69 Å². The number of aromatic nitrogens is 2. The summed E-state index contributed by atoms with van der Waals surface area (Å²) >= 11 is 0. The highest BCUT2D eigenvalue weighted by Gasteiger charge is 2.40. The summed E-state index contributed by atoms with van der Waals surface area (Å²) in [5, 5.41) is 2.98. The molecule has 1 aromatic heterocycles. The van der Waals surface area contributed by atoms with Crippen molar-refractivity contribution in [2.24, 2.45) is 5.73 Å². The van der Waals surface area contributed by atoms with E-state index in [9.17, 15) is 18.4 Å². The first-order valence-electron chi connectivity index (χ1n) is 9.77. The van der Waals surface area contributed by atoms with Gasteiger partial charge in [-0.25, -0.2) is 18.6 Å². The number of imidazole rings is 1. The summed E-state index contributed by atoms with van der Waals surface area (Å²) in [7, 11) is 1.47. The third kappa shape index (κ3) is 3.69. The van der Waals surface area contributed by atoms with Gasteiger partial charge in [-0.1, -0.05) is 0 Å². The highest BCUT2D eigenvalue weighted by atomic mass is 19.3. The molecule has 12 heteroatoms. The largest absolute Gasteiger partial charge is 0.495 e. The number of amides is 1. The smallest absolute Gasteiger partial charge is 0.284 e. The molecule has 3 N–H and O–H groups in total. The Labute approximate surface area is 181 Å². The number of nitrogens with two attached hydrogens (primary N) is 1. The molecule has 0 radical (unpaired) electrons. The Bertz CT molecular complexity index is 1100. The summed E-state index contributed by atoms with van der Waals surface area (Å²) in [6.45, 7) is 1.93. The molecule has 2 atom stereocenters. The number of carbonyl (C=O) groups is 1.